The van der Waals surface area contributed by atoms with Crippen molar-refractivity contribution in [2.24, 2.45) is 0 Å². The van der Waals surface area contributed by atoms with Crippen LogP contribution < -0.4 is 0 Å². The van der Waals surface area contributed by atoms with Crippen molar-refractivity contribution in [3.63, 3.8) is 0 Å². The van der Waals surface area contributed by atoms with E-state index in [0.29, 0.717) is 0 Å². The van der Waals surface area contributed by atoms with Crippen LogP contribution in [0.3, 0.4) is 0 Å². The van der Waals surface area contributed by atoms with E-state index in [1.807, 2.05) is 6.20 Å². The van der Waals surface area contributed by atoms with E-state index in [0.717, 1.165) is 44.8 Å². The molecule has 4 heteroatoms. The second kappa shape index (κ2) is 6.52. The minimum absolute atomic E-state index is 0.869. The number of rotatable bonds is 4. The van der Waals surface area contributed by atoms with Crippen molar-refractivity contribution in [1.82, 2.24) is 15.1 Å². The summed E-state index contributed by atoms with van der Waals surface area (Å²) in [4.78, 5) is 2.48. The average molecular weight is 307 g/mol. The topological polar surface area (TPSA) is 41.1 Å². The van der Waals surface area contributed by atoms with E-state index in [4.69, 9.17) is 4.74 Å². The van der Waals surface area contributed by atoms with E-state index in [2.05, 4.69) is 57.6 Å². The van der Waals surface area contributed by atoms with Gasteiger partial charge in [0.2, 0.25) is 0 Å². The van der Waals surface area contributed by atoms with Gasteiger partial charge in [0.15, 0.2) is 0 Å². The van der Waals surface area contributed by atoms with Gasteiger partial charge in [0.25, 0.3) is 0 Å². The van der Waals surface area contributed by atoms with Crippen molar-refractivity contribution in [3.05, 3.63) is 54.2 Å². The van der Waals surface area contributed by atoms with E-state index in [1.54, 1.807) is 0 Å². The summed E-state index contributed by atoms with van der Waals surface area (Å²) in [6, 6.07) is 15.2. The molecule has 1 N–H and O–H groups in total. The van der Waals surface area contributed by atoms with Crippen LogP contribution in [0.1, 0.15) is 5.56 Å². The molecule has 0 spiro atoms. The Labute approximate surface area is 136 Å². The number of nitrogens with one attached hydrogen (secondary N) is 1. The Morgan fingerprint density at radius 1 is 1.04 bits per heavy atom. The summed E-state index contributed by atoms with van der Waals surface area (Å²) >= 11 is 0. The number of benzene rings is 2. The molecule has 3 aromatic rings. The van der Waals surface area contributed by atoms with Crippen molar-refractivity contribution < 1.29 is 4.74 Å². The first-order valence-electron chi connectivity index (χ1n) is 8.22. The Morgan fingerprint density at radius 2 is 1.87 bits per heavy atom. The highest BCUT2D eigenvalue weighted by Gasteiger charge is 2.10. The third-order valence-electron chi connectivity index (χ3n) is 4.57. The molecule has 4 rings (SSSR count). The first kappa shape index (κ1) is 14.4. The largest absolute Gasteiger partial charge is 0.379 e. The molecule has 0 amide bonds. The Balaban J connectivity index is 1.48. The summed E-state index contributed by atoms with van der Waals surface area (Å²) in [5, 5.41) is 8.35. The summed E-state index contributed by atoms with van der Waals surface area (Å²) in [6.45, 7) is 4.96. The van der Waals surface area contributed by atoms with Gasteiger partial charge in [-0.2, -0.15) is 5.10 Å². The molecule has 0 radical (unpaired) electrons. The molecule has 0 atom stereocenters. The molecule has 1 fully saturated rings. The molecular weight excluding hydrogens is 286 g/mol. The molecule has 0 aliphatic carbocycles. The average Bonchev–Trinajstić information content (AvgIpc) is 3.10. The van der Waals surface area contributed by atoms with Gasteiger partial charge in [0.1, 0.15) is 0 Å². The van der Waals surface area contributed by atoms with E-state index in [-0.39, 0.29) is 0 Å². The number of fused-ring (bicyclic) bond motifs is 1. The van der Waals surface area contributed by atoms with Gasteiger partial charge in [-0.25, -0.2) is 0 Å². The van der Waals surface area contributed by atoms with Crippen LogP contribution in [0.2, 0.25) is 0 Å². The third kappa shape index (κ3) is 3.14. The van der Waals surface area contributed by atoms with Crippen molar-refractivity contribution >= 4 is 10.9 Å². The second-order valence-corrected chi connectivity index (χ2v) is 6.04. The van der Waals surface area contributed by atoms with Gasteiger partial charge in [-0.3, -0.25) is 10.00 Å². The summed E-state index contributed by atoms with van der Waals surface area (Å²) in [5.41, 5.74) is 4.95. The smallest absolute Gasteiger partial charge is 0.0656 e. The normalized spacial score (nSPS) is 16.0. The highest BCUT2D eigenvalue weighted by Crippen LogP contribution is 2.27. The quantitative estimate of drug-likeness (QED) is 0.805. The molecule has 0 bridgehead atoms. The Bertz CT molecular complexity index is 773. The van der Waals surface area contributed by atoms with Crippen molar-refractivity contribution in [3.8, 4) is 11.1 Å². The molecule has 1 aliphatic heterocycles. The van der Waals surface area contributed by atoms with E-state index >= 15 is 0 Å². The van der Waals surface area contributed by atoms with Crippen LogP contribution >= 0.6 is 0 Å². The van der Waals surface area contributed by atoms with Crippen LogP contribution in [0, 0.1) is 0 Å². The molecule has 4 nitrogen and oxygen atoms in total. The van der Waals surface area contributed by atoms with Gasteiger partial charge < -0.3 is 4.74 Å². The molecule has 1 aromatic heterocycles. The van der Waals surface area contributed by atoms with Gasteiger partial charge in [-0.1, -0.05) is 36.4 Å². The molecule has 0 saturated carbocycles. The highest BCUT2D eigenvalue weighted by molar-refractivity contribution is 5.94. The van der Waals surface area contributed by atoms with Crippen LogP contribution in [-0.2, 0) is 11.2 Å². The summed E-state index contributed by atoms with van der Waals surface area (Å²) in [7, 11) is 0. The zero-order valence-electron chi connectivity index (χ0n) is 13.2. The molecular formula is C19H21N3O. The Hall–Kier alpha value is -2.17. The highest BCUT2D eigenvalue weighted by atomic mass is 16.5. The maximum Gasteiger partial charge on any atom is 0.0656 e. The summed E-state index contributed by atoms with van der Waals surface area (Å²) < 4.78 is 5.40. The number of aromatic nitrogens is 2. The van der Waals surface area contributed by atoms with Gasteiger partial charge >= 0.3 is 0 Å². The van der Waals surface area contributed by atoms with Crippen LogP contribution in [0.15, 0.2) is 48.7 Å². The van der Waals surface area contributed by atoms with E-state index in [9.17, 15) is 0 Å². The number of aromatic amines is 1. The van der Waals surface area contributed by atoms with Gasteiger partial charge in [0.05, 0.1) is 24.9 Å². The van der Waals surface area contributed by atoms with Gasteiger partial charge in [-0.05, 0) is 29.2 Å². The number of morpholine rings is 1. The zero-order chi connectivity index (χ0) is 15.5. The SMILES string of the molecule is c1cc(-c2ccc(CCN3CCOCC3)cc2)c2cn[nH]c2c1. The molecule has 2 heterocycles. The minimum atomic E-state index is 0.869. The predicted octanol–water partition coefficient (Wildman–Crippen LogP) is 3.10. The van der Waals surface area contributed by atoms with Crippen LogP contribution in [0.4, 0.5) is 0 Å². The molecule has 2 aromatic carbocycles. The fraction of sp³-hybridized carbons (Fsp3) is 0.316. The molecule has 1 aliphatic rings. The molecule has 118 valence electrons. The lowest BCUT2D eigenvalue weighted by atomic mass is 10.00. The first-order chi connectivity index (χ1) is 11.4. The standard InChI is InChI=1S/C19H21N3O/c1-2-17(18-14-20-21-19(18)3-1)16-6-4-15(5-7-16)8-9-22-10-12-23-13-11-22/h1-7,14H,8-13H2,(H,20,21). The molecule has 23 heavy (non-hydrogen) atoms. The summed E-state index contributed by atoms with van der Waals surface area (Å²) in [5.74, 6) is 0. The van der Waals surface area contributed by atoms with Crippen molar-refractivity contribution in [2.45, 2.75) is 6.42 Å². The van der Waals surface area contributed by atoms with E-state index in [1.165, 1.54) is 22.1 Å². The van der Waals surface area contributed by atoms with E-state index < -0.39 is 0 Å². The van der Waals surface area contributed by atoms with Crippen molar-refractivity contribution in [1.29, 1.82) is 0 Å². The lowest BCUT2D eigenvalue weighted by molar-refractivity contribution is 0.0384. The monoisotopic (exact) mass is 307 g/mol. The molecule has 0 unspecified atom stereocenters. The lowest BCUT2D eigenvalue weighted by Crippen LogP contribution is -2.37. The molecule has 1 saturated heterocycles. The fourth-order valence-electron chi connectivity index (χ4n) is 3.18. The Kier molecular flexibility index (Phi) is 4.09. The van der Waals surface area contributed by atoms with Gasteiger partial charge in [-0.15, -0.1) is 0 Å². The predicted molar refractivity (Wildman–Crippen MR) is 92.5 cm³/mol. The van der Waals surface area contributed by atoms with Crippen LogP contribution in [0.25, 0.3) is 22.0 Å². The summed E-state index contributed by atoms with van der Waals surface area (Å²) in [6.07, 6.45) is 2.99. The number of H-pyrrole nitrogens is 1. The number of hydrogen-bond donors (Lipinski definition) is 1. The Morgan fingerprint density at radius 3 is 2.70 bits per heavy atom. The zero-order valence-corrected chi connectivity index (χ0v) is 13.2. The fourth-order valence-corrected chi connectivity index (χ4v) is 3.18. The maximum absolute atomic E-state index is 5.40. The van der Waals surface area contributed by atoms with Crippen LogP contribution in [-0.4, -0.2) is 47.9 Å². The minimum Gasteiger partial charge on any atom is -0.379 e. The third-order valence-corrected chi connectivity index (χ3v) is 4.57. The maximum atomic E-state index is 5.40. The van der Waals surface area contributed by atoms with Gasteiger partial charge in [0, 0.05) is 25.0 Å². The second-order valence-electron chi connectivity index (χ2n) is 6.04. The lowest BCUT2D eigenvalue weighted by Gasteiger charge is -2.26. The number of ether oxygens (including phenoxy) is 1. The number of nitrogens with zero attached hydrogens (tertiary/aromatic N) is 2. The first-order valence-corrected chi connectivity index (χ1v) is 8.22. The van der Waals surface area contributed by atoms with Crippen LogP contribution in [0.5, 0.6) is 0 Å². The van der Waals surface area contributed by atoms with Crippen molar-refractivity contribution in [2.75, 3.05) is 32.8 Å². The number of hydrogen-bond acceptors (Lipinski definition) is 3.